The quantitative estimate of drug-likeness (QED) is 0.857. The van der Waals surface area contributed by atoms with Gasteiger partial charge in [-0.3, -0.25) is 0 Å². The minimum atomic E-state index is -3.00. The van der Waals surface area contributed by atoms with Gasteiger partial charge in [-0.15, -0.1) is 0 Å². The fraction of sp³-hybridized carbons (Fsp3) is 0.417. The van der Waals surface area contributed by atoms with Crippen LogP contribution in [0.5, 0.6) is 0 Å². The monoisotopic (exact) mass is 348 g/mol. The Labute approximate surface area is 121 Å². The van der Waals surface area contributed by atoms with E-state index in [2.05, 4.69) is 26.6 Å². The molecule has 0 heterocycles. The standard InChI is InChI=1S/C12H17BrN2O3S/c1-9(7-8-19(2,17)18)14-12(16)15-11-5-3-10(13)4-6-11/h3-6,9H,7-8H2,1-2H3,(H2,14,15,16)/t9-/m1/s1. The predicted octanol–water partition coefficient (Wildman–Crippen LogP) is 2.39. The number of carbonyl (C=O) groups is 1. The van der Waals surface area contributed by atoms with Crippen LogP contribution in [0.3, 0.4) is 0 Å². The van der Waals surface area contributed by atoms with Crippen molar-refractivity contribution in [2.45, 2.75) is 19.4 Å². The highest BCUT2D eigenvalue weighted by atomic mass is 79.9. The number of urea groups is 1. The lowest BCUT2D eigenvalue weighted by molar-refractivity contribution is 0.249. The molecule has 1 aromatic rings. The molecule has 0 bridgehead atoms. The molecule has 7 heteroatoms. The second kappa shape index (κ2) is 6.91. The first kappa shape index (κ1) is 16.0. The average molecular weight is 349 g/mol. The van der Waals surface area contributed by atoms with E-state index in [0.717, 1.165) is 4.47 Å². The molecule has 5 nitrogen and oxygen atoms in total. The molecule has 1 aromatic carbocycles. The first-order chi connectivity index (χ1) is 8.76. The van der Waals surface area contributed by atoms with Crippen LogP contribution in [0.25, 0.3) is 0 Å². The van der Waals surface area contributed by atoms with E-state index in [0.29, 0.717) is 12.1 Å². The highest BCUT2D eigenvalue weighted by molar-refractivity contribution is 9.10. The van der Waals surface area contributed by atoms with Gasteiger partial charge in [0.15, 0.2) is 0 Å². The third kappa shape index (κ3) is 7.17. The van der Waals surface area contributed by atoms with Gasteiger partial charge in [-0.05, 0) is 37.6 Å². The lowest BCUT2D eigenvalue weighted by Gasteiger charge is -2.14. The molecule has 0 radical (unpaired) electrons. The van der Waals surface area contributed by atoms with Gasteiger partial charge in [-0.1, -0.05) is 15.9 Å². The van der Waals surface area contributed by atoms with E-state index in [4.69, 9.17) is 0 Å². The van der Waals surface area contributed by atoms with E-state index in [9.17, 15) is 13.2 Å². The van der Waals surface area contributed by atoms with Crippen LogP contribution in [0.4, 0.5) is 10.5 Å². The third-order valence-electron chi connectivity index (χ3n) is 2.40. The summed E-state index contributed by atoms with van der Waals surface area (Å²) in [4.78, 5) is 11.6. The summed E-state index contributed by atoms with van der Waals surface area (Å²) in [5.41, 5.74) is 0.677. The molecule has 1 rings (SSSR count). The van der Waals surface area contributed by atoms with Crippen molar-refractivity contribution >= 4 is 37.5 Å². The Kier molecular flexibility index (Phi) is 5.81. The van der Waals surface area contributed by atoms with E-state index in [1.54, 1.807) is 19.1 Å². The van der Waals surface area contributed by atoms with Crippen LogP contribution < -0.4 is 10.6 Å². The van der Waals surface area contributed by atoms with Crippen molar-refractivity contribution in [1.82, 2.24) is 5.32 Å². The highest BCUT2D eigenvalue weighted by Gasteiger charge is 2.10. The number of rotatable bonds is 5. The summed E-state index contributed by atoms with van der Waals surface area (Å²) in [5, 5.41) is 5.37. The van der Waals surface area contributed by atoms with Crippen LogP contribution in [0.2, 0.25) is 0 Å². The van der Waals surface area contributed by atoms with E-state index in [1.165, 1.54) is 6.26 Å². The molecule has 0 fully saturated rings. The number of halogens is 1. The maximum Gasteiger partial charge on any atom is 0.319 e. The largest absolute Gasteiger partial charge is 0.335 e. The van der Waals surface area contributed by atoms with Crippen molar-refractivity contribution < 1.29 is 13.2 Å². The van der Waals surface area contributed by atoms with Crippen LogP contribution in [0, 0.1) is 0 Å². The van der Waals surface area contributed by atoms with Gasteiger partial charge in [0.05, 0.1) is 5.75 Å². The van der Waals surface area contributed by atoms with Crippen molar-refractivity contribution in [3.63, 3.8) is 0 Å². The number of anilines is 1. The molecule has 1 atom stereocenters. The van der Waals surface area contributed by atoms with Gasteiger partial charge in [0, 0.05) is 22.5 Å². The van der Waals surface area contributed by atoms with Crippen LogP contribution in [0.1, 0.15) is 13.3 Å². The maximum atomic E-state index is 11.6. The van der Waals surface area contributed by atoms with E-state index >= 15 is 0 Å². The Hall–Kier alpha value is -1.08. The molecule has 19 heavy (non-hydrogen) atoms. The Bertz CT molecular complexity index is 528. The van der Waals surface area contributed by atoms with Crippen molar-refractivity contribution in [3.8, 4) is 0 Å². The number of amides is 2. The lowest BCUT2D eigenvalue weighted by atomic mass is 10.3. The summed E-state index contributed by atoms with van der Waals surface area (Å²) in [6.07, 6.45) is 1.58. The van der Waals surface area contributed by atoms with E-state index < -0.39 is 9.84 Å². The van der Waals surface area contributed by atoms with Crippen molar-refractivity contribution in [2.24, 2.45) is 0 Å². The molecule has 0 saturated heterocycles. The van der Waals surface area contributed by atoms with Crippen molar-refractivity contribution in [3.05, 3.63) is 28.7 Å². The van der Waals surface area contributed by atoms with Gasteiger partial charge in [0.25, 0.3) is 0 Å². The smallest absolute Gasteiger partial charge is 0.319 e. The van der Waals surface area contributed by atoms with Crippen LogP contribution in [-0.4, -0.2) is 32.5 Å². The Morgan fingerprint density at radius 1 is 1.32 bits per heavy atom. The summed E-state index contributed by atoms with van der Waals surface area (Å²) in [6.45, 7) is 1.77. The SMILES string of the molecule is C[C@H](CCS(C)(=O)=O)NC(=O)Nc1ccc(Br)cc1. The van der Waals surface area contributed by atoms with Gasteiger partial charge in [0.2, 0.25) is 0 Å². The van der Waals surface area contributed by atoms with Gasteiger partial charge in [-0.2, -0.15) is 0 Å². The van der Waals surface area contributed by atoms with Crippen LogP contribution >= 0.6 is 15.9 Å². The van der Waals surface area contributed by atoms with Crippen molar-refractivity contribution in [2.75, 3.05) is 17.3 Å². The molecule has 0 unspecified atom stereocenters. The summed E-state index contributed by atoms with van der Waals surface area (Å²) >= 11 is 3.31. The summed E-state index contributed by atoms with van der Waals surface area (Å²) in [6, 6.07) is 6.63. The van der Waals surface area contributed by atoms with Gasteiger partial charge in [0.1, 0.15) is 9.84 Å². The van der Waals surface area contributed by atoms with Gasteiger partial charge < -0.3 is 10.6 Å². The molecular weight excluding hydrogens is 332 g/mol. The molecule has 2 amide bonds. The molecule has 0 aliphatic carbocycles. The number of nitrogens with one attached hydrogen (secondary N) is 2. The summed E-state index contributed by atoms with van der Waals surface area (Å²) in [5.74, 6) is 0.0622. The fourth-order valence-electron chi connectivity index (χ4n) is 1.39. The Morgan fingerprint density at radius 3 is 2.42 bits per heavy atom. The topological polar surface area (TPSA) is 75.3 Å². The van der Waals surface area contributed by atoms with Gasteiger partial charge in [-0.25, -0.2) is 13.2 Å². The molecule has 106 valence electrons. The molecule has 0 aliphatic rings. The van der Waals surface area contributed by atoms with Crippen LogP contribution in [-0.2, 0) is 9.84 Å². The molecule has 0 aliphatic heterocycles. The van der Waals surface area contributed by atoms with Gasteiger partial charge >= 0.3 is 6.03 Å². The maximum absolute atomic E-state index is 11.6. The normalized spacial score (nSPS) is 12.8. The Balaban J connectivity index is 2.40. The first-order valence-corrected chi connectivity index (χ1v) is 8.62. The molecular formula is C12H17BrN2O3S. The zero-order chi connectivity index (χ0) is 14.5. The number of carbonyl (C=O) groups excluding carboxylic acids is 1. The van der Waals surface area contributed by atoms with E-state index in [-0.39, 0.29) is 17.8 Å². The first-order valence-electron chi connectivity index (χ1n) is 5.77. The fourth-order valence-corrected chi connectivity index (χ4v) is 2.43. The lowest BCUT2D eigenvalue weighted by Crippen LogP contribution is -2.37. The molecule has 0 saturated carbocycles. The zero-order valence-electron chi connectivity index (χ0n) is 10.8. The van der Waals surface area contributed by atoms with E-state index in [1.807, 2.05) is 12.1 Å². The third-order valence-corrected chi connectivity index (χ3v) is 3.91. The predicted molar refractivity (Wildman–Crippen MR) is 80.1 cm³/mol. The molecule has 2 N–H and O–H groups in total. The number of sulfone groups is 1. The second-order valence-corrected chi connectivity index (χ2v) is 7.60. The summed E-state index contributed by atoms with van der Waals surface area (Å²) in [7, 11) is -3.00. The van der Waals surface area contributed by atoms with Crippen molar-refractivity contribution in [1.29, 1.82) is 0 Å². The minimum absolute atomic E-state index is 0.0622. The second-order valence-electron chi connectivity index (χ2n) is 4.42. The number of benzene rings is 1. The average Bonchev–Trinajstić information content (AvgIpc) is 2.29. The Morgan fingerprint density at radius 2 is 1.89 bits per heavy atom. The number of hydrogen-bond acceptors (Lipinski definition) is 3. The highest BCUT2D eigenvalue weighted by Crippen LogP contribution is 2.13. The van der Waals surface area contributed by atoms with Crippen LogP contribution in [0.15, 0.2) is 28.7 Å². The minimum Gasteiger partial charge on any atom is -0.335 e. The summed E-state index contributed by atoms with van der Waals surface area (Å²) < 4.78 is 23.0. The zero-order valence-corrected chi connectivity index (χ0v) is 13.2. The molecule has 0 spiro atoms. The molecule has 0 aromatic heterocycles. The number of hydrogen-bond donors (Lipinski definition) is 2.